The molecule has 1 aromatic heterocycles. The maximum Gasteiger partial charge on any atom is 0.309 e. The van der Waals surface area contributed by atoms with Crippen LogP contribution < -0.4 is 0 Å². The monoisotopic (exact) mass is 143 g/mol. The van der Waals surface area contributed by atoms with Gasteiger partial charge in [0.25, 0.3) is 0 Å². The molecule has 1 radical (unpaired) electrons. The smallest absolute Gasteiger partial charge is 0.309 e. The largest absolute Gasteiger partial charge is 0.413 e. The SMILES string of the molecule is CCCc1nnc([S])o1. The van der Waals surface area contributed by atoms with Gasteiger partial charge in [-0.15, -0.1) is 5.10 Å². The van der Waals surface area contributed by atoms with E-state index in [0.717, 1.165) is 12.8 Å². The fourth-order valence-electron chi connectivity index (χ4n) is 0.553. The normalized spacial score (nSPS) is 9.89. The number of hydrogen-bond acceptors (Lipinski definition) is 3. The predicted octanol–water partition coefficient (Wildman–Crippen LogP) is 1.58. The fourth-order valence-corrected chi connectivity index (χ4v) is 0.690. The maximum atomic E-state index is 4.92. The molecule has 0 aromatic carbocycles. The van der Waals surface area contributed by atoms with E-state index < -0.39 is 0 Å². The van der Waals surface area contributed by atoms with Crippen molar-refractivity contribution >= 4 is 12.6 Å². The summed E-state index contributed by atoms with van der Waals surface area (Å²) in [5, 5.41) is 7.45. The van der Waals surface area contributed by atoms with Crippen molar-refractivity contribution in [2.24, 2.45) is 0 Å². The zero-order valence-electron chi connectivity index (χ0n) is 5.13. The molecule has 0 saturated heterocycles. The highest BCUT2D eigenvalue weighted by molar-refractivity contribution is 7.80. The minimum Gasteiger partial charge on any atom is -0.413 e. The molecule has 1 rings (SSSR count). The molecule has 0 aliphatic heterocycles. The molecule has 49 valence electrons. The Morgan fingerprint density at radius 3 is 2.78 bits per heavy atom. The summed E-state index contributed by atoms with van der Waals surface area (Å²) in [6, 6.07) is 0. The van der Waals surface area contributed by atoms with Crippen LogP contribution in [0.4, 0.5) is 0 Å². The molecule has 0 spiro atoms. The Labute approximate surface area is 58.9 Å². The lowest BCUT2D eigenvalue weighted by Crippen LogP contribution is -1.80. The Morgan fingerprint density at radius 1 is 1.56 bits per heavy atom. The summed E-state index contributed by atoms with van der Waals surface area (Å²) >= 11 is 4.61. The molecule has 0 saturated carbocycles. The number of aromatic nitrogens is 2. The van der Waals surface area contributed by atoms with Crippen LogP contribution >= 0.6 is 12.6 Å². The highest BCUT2D eigenvalue weighted by atomic mass is 32.1. The molecule has 0 atom stereocenters. The molecule has 0 aliphatic carbocycles. The molecule has 9 heavy (non-hydrogen) atoms. The molecular formula is C5H7N2OS. The summed E-state index contributed by atoms with van der Waals surface area (Å²) in [6.45, 7) is 2.05. The van der Waals surface area contributed by atoms with Crippen LogP contribution in [0.2, 0.25) is 0 Å². The Hall–Kier alpha value is -0.640. The third-order valence-corrected chi connectivity index (χ3v) is 1.08. The topological polar surface area (TPSA) is 38.9 Å². The van der Waals surface area contributed by atoms with Crippen molar-refractivity contribution < 1.29 is 4.42 Å². The van der Waals surface area contributed by atoms with Gasteiger partial charge in [0.05, 0.1) is 0 Å². The van der Waals surface area contributed by atoms with Crippen molar-refractivity contribution in [3.63, 3.8) is 0 Å². The van der Waals surface area contributed by atoms with E-state index in [9.17, 15) is 0 Å². The lowest BCUT2D eigenvalue weighted by atomic mass is 10.3. The Bertz CT molecular complexity index is 187. The van der Waals surface area contributed by atoms with Gasteiger partial charge >= 0.3 is 5.22 Å². The van der Waals surface area contributed by atoms with Gasteiger partial charge in [-0.2, -0.15) is 0 Å². The molecule has 0 unspecified atom stereocenters. The highest BCUT2D eigenvalue weighted by Gasteiger charge is 1.99. The van der Waals surface area contributed by atoms with Crippen LogP contribution in [0.15, 0.2) is 9.64 Å². The second-order valence-corrected chi connectivity index (χ2v) is 2.06. The average molecular weight is 143 g/mol. The van der Waals surface area contributed by atoms with E-state index in [0.29, 0.717) is 5.89 Å². The molecule has 3 nitrogen and oxygen atoms in total. The molecule has 0 fully saturated rings. The van der Waals surface area contributed by atoms with Crippen LogP contribution in [-0.2, 0) is 6.42 Å². The van der Waals surface area contributed by atoms with Crippen molar-refractivity contribution in [3.05, 3.63) is 5.89 Å². The Balaban J connectivity index is 2.61. The molecule has 0 amide bonds. The van der Waals surface area contributed by atoms with E-state index in [1.807, 2.05) is 6.92 Å². The first kappa shape index (κ1) is 6.48. The summed E-state index contributed by atoms with van der Waals surface area (Å²) in [4.78, 5) is 0. The van der Waals surface area contributed by atoms with Gasteiger partial charge in [-0.25, -0.2) is 0 Å². The maximum absolute atomic E-state index is 4.92. The quantitative estimate of drug-likeness (QED) is 0.631. The van der Waals surface area contributed by atoms with Crippen LogP contribution in [0.3, 0.4) is 0 Å². The minimum absolute atomic E-state index is 0.235. The van der Waals surface area contributed by atoms with Gasteiger partial charge in [-0.1, -0.05) is 12.0 Å². The highest BCUT2D eigenvalue weighted by Crippen LogP contribution is 2.04. The molecule has 4 heteroatoms. The van der Waals surface area contributed by atoms with E-state index in [4.69, 9.17) is 4.42 Å². The van der Waals surface area contributed by atoms with Gasteiger partial charge in [0.1, 0.15) is 0 Å². The van der Waals surface area contributed by atoms with Crippen LogP contribution in [0.1, 0.15) is 19.2 Å². The molecule has 0 aliphatic rings. The molecular weight excluding hydrogens is 136 g/mol. The Morgan fingerprint density at radius 2 is 2.33 bits per heavy atom. The second kappa shape index (κ2) is 2.77. The Kier molecular flexibility index (Phi) is 2.00. The van der Waals surface area contributed by atoms with Crippen LogP contribution in [-0.4, -0.2) is 10.2 Å². The molecule has 0 bridgehead atoms. The molecule has 1 heterocycles. The lowest BCUT2D eigenvalue weighted by Gasteiger charge is -1.82. The second-order valence-electron chi connectivity index (χ2n) is 1.71. The minimum atomic E-state index is 0.235. The van der Waals surface area contributed by atoms with E-state index in [2.05, 4.69) is 22.8 Å². The number of aryl methyl sites for hydroxylation is 1. The number of nitrogens with zero attached hydrogens (tertiary/aromatic N) is 2. The number of rotatable bonds is 2. The first-order valence-electron chi connectivity index (χ1n) is 2.82. The van der Waals surface area contributed by atoms with Crippen molar-refractivity contribution in [2.75, 3.05) is 0 Å². The first-order valence-corrected chi connectivity index (χ1v) is 3.23. The summed E-state index contributed by atoms with van der Waals surface area (Å²) in [5.74, 6) is 0.641. The third kappa shape index (κ3) is 1.64. The fraction of sp³-hybridized carbons (Fsp3) is 0.600. The van der Waals surface area contributed by atoms with E-state index in [-0.39, 0.29) is 5.22 Å². The third-order valence-electron chi connectivity index (χ3n) is 0.912. The summed E-state index contributed by atoms with van der Waals surface area (Å²) in [5.41, 5.74) is 0. The van der Waals surface area contributed by atoms with Crippen molar-refractivity contribution in [3.8, 4) is 0 Å². The summed E-state index contributed by atoms with van der Waals surface area (Å²) < 4.78 is 4.92. The lowest BCUT2D eigenvalue weighted by molar-refractivity contribution is 0.413. The van der Waals surface area contributed by atoms with E-state index in [1.54, 1.807) is 0 Å². The van der Waals surface area contributed by atoms with Crippen molar-refractivity contribution in [1.29, 1.82) is 0 Å². The van der Waals surface area contributed by atoms with Gasteiger partial charge < -0.3 is 4.42 Å². The van der Waals surface area contributed by atoms with E-state index in [1.165, 1.54) is 0 Å². The summed E-state index contributed by atoms with van der Waals surface area (Å²) in [6.07, 6.45) is 1.83. The van der Waals surface area contributed by atoms with Gasteiger partial charge in [0.15, 0.2) is 0 Å². The number of hydrogen-bond donors (Lipinski definition) is 0. The van der Waals surface area contributed by atoms with Gasteiger partial charge in [0, 0.05) is 6.42 Å². The van der Waals surface area contributed by atoms with Crippen molar-refractivity contribution in [2.45, 2.75) is 25.0 Å². The van der Waals surface area contributed by atoms with Crippen LogP contribution in [0.5, 0.6) is 0 Å². The van der Waals surface area contributed by atoms with Gasteiger partial charge in [0.2, 0.25) is 5.89 Å². The van der Waals surface area contributed by atoms with Gasteiger partial charge in [-0.3, -0.25) is 0 Å². The van der Waals surface area contributed by atoms with Crippen molar-refractivity contribution in [1.82, 2.24) is 10.2 Å². The first-order chi connectivity index (χ1) is 4.33. The van der Waals surface area contributed by atoms with Gasteiger partial charge in [-0.05, 0) is 19.0 Å². The zero-order valence-corrected chi connectivity index (χ0v) is 5.94. The van der Waals surface area contributed by atoms with Crippen LogP contribution in [0.25, 0.3) is 0 Å². The standard InChI is InChI=1S/C5H7N2OS/c1-2-3-4-6-7-5(9)8-4/h2-3H2,1H3. The van der Waals surface area contributed by atoms with Crippen LogP contribution in [0, 0.1) is 0 Å². The molecule has 1 aromatic rings. The molecule has 0 N–H and O–H groups in total. The van der Waals surface area contributed by atoms with E-state index >= 15 is 0 Å². The average Bonchev–Trinajstić information content (AvgIpc) is 2.17. The summed E-state index contributed by atoms with van der Waals surface area (Å²) in [7, 11) is 0. The zero-order chi connectivity index (χ0) is 6.69. The predicted molar refractivity (Wildman–Crippen MR) is 34.1 cm³/mol.